The summed E-state index contributed by atoms with van der Waals surface area (Å²) in [4.78, 5) is 20.9. The van der Waals surface area contributed by atoms with E-state index in [0.717, 1.165) is 35.1 Å². The fourth-order valence-corrected chi connectivity index (χ4v) is 2.75. The Kier molecular flexibility index (Phi) is 4.09. The van der Waals surface area contributed by atoms with Gasteiger partial charge in [0.05, 0.1) is 11.8 Å². The molecular weight excluding hydrogens is 316 g/mol. The monoisotopic (exact) mass is 336 g/mol. The van der Waals surface area contributed by atoms with Gasteiger partial charge < -0.3 is 15.1 Å². The van der Waals surface area contributed by atoms with Crippen LogP contribution in [0.25, 0.3) is 22.5 Å². The zero-order valence-electron chi connectivity index (χ0n) is 14.1. The maximum atomic E-state index is 11.7. The van der Waals surface area contributed by atoms with Crippen molar-refractivity contribution in [1.82, 2.24) is 15.3 Å². The molecule has 1 aromatic carbocycles. The van der Waals surface area contributed by atoms with Crippen molar-refractivity contribution in [3.63, 3.8) is 0 Å². The number of anilines is 1. The van der Waals surface area contributed by atoms with E-state index >= 15 is 0 Å². The summed E-state index contributed by atoms with van der Waals surface area (Å²) in [6.07, 6.45) is 3.64. The number of aromatic nitrogens is 2. The Morgan fingerprint density at radius 3 is 2.88 bits per heavy atom. The Hall–Kier alpha value is -2.89. The summed E-state index contributed by atoms with van der Waals surface area (Å²) >= 11 is 0. The fraction of sp³-hybridized carbons (Fsp3) is 0.316. The average molecular weight is 336 g/mol. The number of fused-ring (bicyclic) bond motifs is 1. The third-order valence-electron chi connectivity index (χ3n) is 4.26. The second kappa shape index (κ2) is 6.55. The van der Waals surface area contributed by atoms with Crippen LogP contribution >= 0.6 is 0 Å². The lowest BCUT2D eigenvalue weighted by atomic mass is 10.1. The Morgan fingerprint density at radius 2 is 2.12 bits per heavy atom. The van der Waals surface area contributed by atoms with Gasteiger partial charge in [0.25, 0.3) is 0 Å². The first-order chi connectivity index (χ1) is 12.2. The molecule has 0 radical (unpaired) electrons. The first-order valence-electron chi connectivity index (χ1n) is 8.54. The smallest absolute Gasteiger partial charge is 0.223 e. The number of hydrogen-bond acceptors (Lipinski definition) is 5. The highest BCUT2D eigenvalue weighted by Crippen LogP contribution is 2.28. The lowest BCUT2D eigenvalue weighted by Gasteiger charge is -2.11. The van der Waals surface area contributed by atoms with E-state index in [1.165, 1.54) is 0 Å². The second-order valence-electron chi connectivity index (χ2n) is 6.39. The first kappa shape index (κ1) is 15.6. The van der Waals surface area contributed by atoms with Gasteiger partial charge in [0.2, 0.25) is 5.91 Å². The average Bonchev–Trinajstić information content (AvgIpc) is 3.33. The number of amides is 1. The van der Waals surface area contributed by atoms with Crippen LogP contribution in [0, 0.1) is 12.8 Å². The molecule has 6 nitrogen and oxygen atoms in total. The van der Waals surface area contributed by atoms with Crippen LogP contribution in [0.1, 0.15) is 18.4 Å². The summed E-state index contributed by atoms with van der Waals surface area (Å²) in [6.45, 7) is 3.22. The third-order valence-corrected chi connectivity index (χ3v) is 4.26. The van der Waals surface area contributed by atoms with E-state index in [4.69, 9.17) is 4.42 Å². The molecule has 0 unspecified atom stereocenters. The molecule has 0 atom stereocenters. The number of aryl methyl sites for hydroxylation is 1. The van der Waals surface area contributed by atoms with Crippen LogP contribution in [0.15, 0.2) is 41.0 Å². The summed E-state index contributed by atoms with van der Waals surface area (Å²) in [5.74, 6) is 2.31. The Bertz CT molecular complexity index is 901. The highest BCUT2D eigenvalue weighted by molar-refractivity contribution is 5.91. The van der Waals surface area contributed by atoms with E-state index in [-0.39, 0.29) is 11.8 Å². The predicted molar refractivity (Wildman–Crippen MR) is 96.2 cm³/mol. The molecule has 2 aromatic heterocycles. The van der Waals surface area contributed by atoms with Crippen molar-refractivity contribution < 1.29 is 9.21 Å². The molecule has 0 bridgehead atoms. The molecule has 6 heteroatoms. The van der Waals surface area contributed by atoms with Crippen molar-refractivity contribution in [1.29, 1.82) is 0 Å². The number of benzene rings is 1. The van der Waals surface area contributed by atoms with Gasteiger partial charge in [-0.25, -0.2) is 9.97 Å². The lowest BCUT2D eigenvalue weighted by molar-refractivity contribution is -0.122. The van der Waals surface area contributed by atoms with Gasteiger partial charge in [0.1, 0.15) is 5.82 Å². The topological polar surface area (TPSA) is 80.1 Å². The molecule has 128 valence electrons. The number of furan rings is 1. The molecule has 1 amide bonds. The molecular formula is C19H20N4O2. The lowest BCUT2D eigenvalue weighted by Crippen LogP contribution is -2.30. The number of rotatable bonds is 6. The highest BCUT2D eigenvalue weighted by Gasteiger charge is 2.28. The van der Waals surface area contributed by atoms with Crippen LogP contribution in [0.3, 0.4) is 0 Å². The summed E-state index contributed by atoms with van der Waals surface area (Å²) in [6, 6.07) is 9.74. The van der Waals surface area contributed by atoms with Gasteiger partial charge >= 0.3 is 0 Å². The van der Waals surface area contributed by atoms with Crippen molar-refractivity contribution in [2.75, 3.05) is 18.4 Å². The predicted octanol–water partition coefficient (Wildman–Crippen LogP) is 3.14. The van der Waals surface area contributed by atoms with Gasteiger partial charge in [0, 0.05) is 24.4 Å². The van der Waals surface area contributed by atoms with Crippen LogP contribution in [0.4, 0.5) is 5.82 Å². The van der Waals surface area contributed by atoms with E-state index in [9.17, 15) is 4.79 Å². The van der Waals surface area contributed by atoms with Gasteiger partial charge in [0.15, 0.2) is 11.6 Å². The minimum atomic E-state index is 0.154. The van der Waals surface area contributed by atoms with Gasteiger partial charge in [-0.2, -0.15) is 0 Å². The number of carbonyl (C=O) groups excluding carboxylic acids is 1. The fourth-order valence-electron chi connectivity index (χ4n) is 2.75. The molecule has 2 heterocycles. The van der Waals surface area contributed by atoms with Crippen molar-refractivity contribution in [2.24, 2.45) is 5.92 Å². The van der Waals surface area contributed by atoms with E-state index in [1.807, 2.05) is 31.2 Å². The van der Waals surface area contributed by atoms with Gasteiger partial charge in [-0.1, -0.05) is 11.6 Å². The summed E-state index contributed by atoms with van der Waals surface area (Å²) in [7, 11) is 0. The van der Waals surface area contributed by atoms with Crippen molar-refractivity contribution >= 4 is 22.6 Å². The molecule has 1 saturated carbocycles. The second-order valence-corrected chi connectivity index (χ2v) is 6.39. The van der Waals surface area contributed by atoms with E-state index in [1.54, 1.807) is 6.26 Å². The normalized spacial score (nSPS) is 13.8. The number of nitrogens with one attached hydrogen (secondary N) is 2. The molecule has 2 N–H and O–H groups in total. The molecule has 1 aliphatic carbocycles. The largest absolute Gasteiger partial charge is 0.461 e. The standard InChI is InChI=1S/C19H20N4O2/c1-12-4-7-15-14(11-12)17(20-8-9-21-19(24)13-5-6-13)23-18(22-15)16-3-2-10-25-16/h2-4,7,10-11,13H,5-6,8-9H2,1H3,(H,21,24)(H,20,22,23). The summed E-state index contributed by atoms with van der Waals surface area (Å²) in [5, 5.41) is 7.24. The zero-order valence-corrected chi connectivity index (χ0v) is 14.1. The minimum absolute atomic E-state index is 0.154. The molecule has 1 aliphatic rings. The number of nitrogens with zero attached hydrogens (tertiary/aromatic N) is 2. The molecule has 0 saturated heterocycles. The molecule has 1 fully saturated rings. The van der Waals surface area contributed by atoms with Crippen LogP contribution in [-0.2, 0) is 4.79 Å². The Labute approximate surface area is 145 Å². The van der Waals surface area contributed by atoms with Crippen LogP contribution in [0.5, 0.6) is 0 Å². The summed E-state index contributed by atoms with van der Waals surface area (Å²) < 4.78 is 5.43. The van der Waals surface area contributed by atoms with Gasteiger partial charge in [-0.3, -0.25) is 4.79 Å². The maximum Gasteiger partial charge on any atom is 0.223 e. The Balaban J connectivity index is 1.56. The quantitative estimate of drug-likeness (QED) is 0.676. The number of hydrogen-bond donors (Lipinski definition) is 2. The van der Waals surface area contributed by atoms with E-state index in [2.05, 4.69) is 26.7 Å². The molecule has 0 spiro atoms. The van der Waals surface area contributed by atoms with Gasteiger partial charge in [-0.15, -0.1) is 0 Å². The van der Waals surface area contributed by atoms with Crippen LogP contribution < -0.4 is 10.6 Å². The molecule has 25 heavy (non-hydrogen) atoms. The molecule has 4 rings (SSSR count). The van der Waals surface area contributed by atoms with E-state index < -0.39 is 0 Å². The number of carbonyl (C=O) groups is 1. The van der Waals surface area contributed by atoms with Crippen LogP contribution in [-0.4, -0.2) is 29.0 Å². The Morgan fingerprint density at radius 1 is 1.24 bits per heavy atom. The van der Waals surface area contributed by atoms with Crippen molar-refractivity contribution in [2.45, 2.75) is 19.8 Å². The maximum absolute atomic E-state index is 11.7. The molecule has 3 aromatic rings. The van der Waals surface area contributed by atoms with Crippen molar-refractivity contribution in [3.05, 3.63) is 42.2 Å². The molecule has 0 aliphatic heterocycles. The highest BCUT2D eigenvalue weighted by atomic mass is 16.3. The zero-order chi connectivity index (χ0) is 17.2. The van der Waals surface area contributed by atoms with E-state index in [0.29, 0.717) is 24.7 Å². The summed E-state index contributed by atoms with van der Waals surface area (Å²) in [5.41, 5.74) is 2.00. The van der Waals surface area contributed by atoms with Gasteiger partial charge in [-0.05, 0) is 44.0 Å². The van der Waals surface area contributed by atoms with Crippen molar-refractivity contribution in [3.8, 4) is 11.6 Å². The minimum Gasteiger partial charge on any atom is -0.461 e. The van der Waals surface area contributed by atoms with Crippen LogP contribution in [0.2, 0.25) is 0 Å². The SMILES string of the molecule is Cc1ccc2nc(-c3ccco3)nc(NCCNC(=O)C3CC3)c2c1. The first-order valence-corrected chi connectivity index (χ1v) is 8.54. The third kappa shape index (κ3) is 3.47.